The van der Waals surface area contributed by atoms with Crippen LogP contribution in [-0.4, -0.2) is 18.6 Å². The number of hydrogen-bond acceptors (Lipinski definition) is 3. The number of primary amides is 1. The molecule has 1 aliphatic carbocycles. The van der Waals surface area contributed by atoms with Crippen LogP contribution in [0.5, 0.6) is 5.75 Å². The highest BCUT2D eigenvalue weighted by Gasteiger charge is 2.32. The highest BCUT2D eigenvalue weighted by molar-refractivity contribution is 5.75. The number of alkyl halides is 3. The lowest BCUT2D eigenvalue weighted by Gasteiger charge is -2.32. The van der Waals surface area contributed by atoms with E-state index in [0.29, 0.717) is 17.7 Å². The lowest BCUT2D eigenvalue weighted by molar-refractivity contribution is -0.137. The number of fused-ring (bicyclic) bond motifs is 1. The minimum Gasteiger partial charge on any atom is -0.484 e. The van der Waals surface area contributed by atoms with Gasteiger partial charge in [-0.1, -0.05) is 24.3 Å². The van der Waals surface area contributed by atoms with E-state index in [4.69, 9.17) is 16.2 Å². The number of amides is 1. The molecule has 4 nitrogen and oxygen atoms in total. The van der Waals surface area contributed by atoms with Crippen LogP contribution in [0.4, 0.5) is 13.2 Å². The van der Waals surface area contributed by atoms with E-state index in [2.05, 4.69) is 0 Å². The molecule has 1 amide bonds. The van der Waals surface area contributed by atoms with Crippen molar-refractivity contribution in [3.63, 3.8) is 0 Å². The molecule has 2 aromatic carbocycles. The number of ether oxygens (including phenoxy) is 1. The zero-order valence-electron chi connectivity index (χ0n) is 14.6. The van der Waals surface area contributed by atoms with Crippen LogP contribution in [0.2, 0.25) is 0 Å². The standard InChI is InChI=1S/C20H21F3N2O2/c21-20(22,23)14-3-1-2-12(8-14)9-17-16-10-15(27-11-19(25)26)6-4-13(16)5-7-18(17)24/h1-4,6,8,10,17-18H,5,7,9,11,24H2,(H2,25,26). The fraction of sp³-hybridized carbons (Fsp3) is 0.350. The topological polar surface area (TPSA) is 78.3 Å². The molecule has 0 saturated heterocycles. The molecule has 3 rings (SSSR count). The number of carbonyl (C=O) groups excluding carboxylic acids is 1. The van der Waals surface area contributed by atoms with E-state index in [1.807, 2.05) is 12.1 Å². The fourth-order valence-corrected chi connectivity index (χ4v) is 3.53. The van der Waals surface area contributed by atoms with Crippen molar-refractivity contribution in [2.24, 2.45) is 11.5 Å². The predicted molar refractivity (Wildman–Crippen MR) is 95.3 cm³/mol. The molecule has 0 heterocycles. The summed E-state index contributed by atoms with van der Waals surface area (Å²) in [6.07, 6.45) is -2.42. The van der Waals surface area contributed by atoms with Crippen LogP contribution in [0.1, 0.15) is 34.6 Å². The van der Waals surface area contributed by atoms with Gasteiger partial charge in [0.1, 0.15) is 5.75 Å². The Morgan fingerprint density at radius 3 is 2.67 bits per heavy atom. The first-order valence-electron chi connectivity index (χ1n) is 8.69. The Morgan fingerprint density at radius 1 is 1.19 bits per heavy atom. The van der Waals surface area contributed by atoms with Crippen LogP contribution in [0.15, 0.2) is 42.5 Å². The number of carbonyl (C=O) groups is 1. The fourth-order valence-electron chi connectivity index (χ4n) is 3.53. The maximum absolute atomic E-state index is 13.0. The van der Waals surface area contributed by atoms with Gasteiger partial charge in [0.05, 0.1) is 5.56 Å². The van der Waals surface area contributed by atoms with E-state index in [1.54, 1.807) is 12.1 Å². The van der Waals surface area contributed by atoms with Gasteiger partial charge in [0.15, 0.2) is 6.61 Å². The van der Waals surface area contributed by atoms with Crippen molar-refractivity contribution in [1.82, 2.24) is 0 Å². The van der Waals surface area contributed by atoms with Gasteiger partial charge in [-0.2, -0.15) is 13.2 Å². The summed E-state index contributed by atoms with van der Waals surface area (Å²) < 4.78 is 44.3. The quantitative estimate of drug-likeness (QED) is 0.839. The number of benzene rings is 2. The molecule has 144 valence electrons. The number of rotatable bonds is 5. The molecule has 0 aliphatic heterocycles. The maximum atomic E-state index is 13.0. The van der Waals surface area contributed by atoms with Gasteiger partial charge in [0.25, 0.3) is 5.91 Å². The van der Waals surface area contributed by atoms with Crippen molar-refractivity contribution in [1.29, 1.82) is 0 Å². The Bertz CT molecular complexity index is 836. The number of hydrogen-bond donors (Lipinski definition) is 2. The van der Waals surface area contributed by atoms with Crippen LogP contribution in [0.25, 0.3) is 0 Å². The van der Waals surface area contributed by atoms with Gasteiger partial charge >= 0.3 is 6.18 Å². The summed E-state index contributed by atoms with van der Waals surface area (Å²) in [5.41, 5.74) is 13.4. The van der Waals surface area contributed by atoms with E-state index >= 15 is 0 Å². The monoisotopic (exact) mass is 378 g/mol. The van der Waals surface area contributed by atoms with Crippen molar-refractivity contribution in [3.05, 3.63) is 64.7 Å². The molecule has 2 unspecified atom stereocenters. The van der Waals surface area contributed by atoms with Crippen LogP contribution in [-0.2, 0) is 23.8 Å². The second-order valence-corrected chi connectivity index (χ2v) is 6.83. The van der Waals surface area contributed by atoms with E-state index < -0.39 is 17.6 Å². The van der Waals surface area contributed by atoms with Crippen molar-refractivity contribution < 1.29 is 22.7 Å². The Labute approximate surface area is 155 Å². The summed E-state index contributed by atoms with van der Waals surface area (Å²) in [7, 11) is 0. The minimum atomic E-state index is -4.38. The molecule has 0 aromatic heterocycles. The molecule has 0 fully saturated rings. The second-order valence-electron chi connectivity index (χ2n) is 6.83. The van der Waals surface area contributed by atoms with Crippen LogP contribution >= 0.6 is 0 Å². The smallest absolute Gasteiger partial charge is 0.416 e. The van der Waals surface area contributed by atoms with Gasteiger partial charge in [-0.15, -0.1) is 0 Å². The summed E-state index contributed by atoms with van der Waals surface area (Å²) in [6, 6.07) is 10.7. The molecule has 0 radical (unpaired) electrons. The molecule has 1 aliphatic rings. The third kappa shape index (κ3) is 4.60. The largest absolute Gasteiger partial charge is 0.484 e. The van der Waals surface area contributed by atoms with Crippen molar-refractivity contribution >= 4 is 5.91 Å². The summed E-state index contributed by atoms with van der Waals surface area (Å²) in [4.78, 5) is 10.9. The van der Waals surface area contributed by atoms with Crippen molar-refractivity contribution in [2.75, 3.05) is 6.61 Å². The van der Waals surface area contributed by atoms with Gasteiger partial charge < -0.3 is 16.2 Å². The predicted octanol–water partition coefficient (Wildman–Crippen LogP) is 3.17. The van der Waals surface area contributed by atoms with Gasteiger partial charge in [-0.25, -0.2) is 0 Å². The van der Waals surface area contributed by atoms with E-state index in [-0.39, 0.29) is 18.6 Å². The lowest BCUT2D eigenvalue weighted by atomic mass is 9.76. The van der Waals surface area contributed by atoms with Crippen LogP contribution in [0.3, 0.4) is 0 Å². The zero-order valence-corrected chi connectivity index (χ0v) is 14.6. The first kappa shape index (κ1) is 19.2. The second kappa shape index (κ2) is 7.60. The van der Waals surface area contributed by atoms with Gasteiger partial charge in [0, 0.05) is 12.0 Å². The lowest BCUT2D eigenvalue weighted by Crippen LogP contribution is -2.34. The average Bonchev–Trinajstić information content (AvgIpc) is 2.62. The third-order valence-corrected chi connectivity index (χ3v) is 4.87. The molecule has 7 heteroatoms. The normalized spacial score (nSPS) is 19.4. The minimum absolute atomic E-state index is 0.130. The van der Waals surface area contributed by atoms with Gasteiger partial charge in [-0.3, -0.25) is 4.79 Å². The molecule has 2 atom stereocenters. The molecule has 0 bridgehead atoms. The van der Waals surface area contributed by atoms with Gasteiger partial charge in [-0.05, 0) is 54.2 Å². The Morgan fingerprint density at radius 2 is 1.96 bits per heavy atom. The van der Waals surface area contributed by atoms with Crippen LogP contribution < -0.4 is 16.2 Å². The van der Waals surface area contributed by atoms with E-state index in [1.165, 1.54) is 12.1 Å². The summed E-state index contributed by atoms with van der Waals surface area (Å²) in [5.74, 6) is -0.213. The third-order valence-electron chi connectivity index (χ3n) is 4.87. The Balaban J connectivity index is 1.88. The molecular formula is C20H21F3N2O2. The van der Waals surface area contributed by atoms with Crippen LogP contribution in [0, 0.1) is 0 Å². The van der Waals surface area contributed by atoms with Crippen molar-refractivity contribution in [2.45, 2.75) is 37.4 Å². The zero-order chi connectivity index (χ0) is 19.6. The molecular weight excluding hydrogens is 357 g/mol. The highest BCUT2D eigenvalue weighted by Crippen LogP contribution is 2.37. The number of aryl methyl sites for hydroxylation is 1. The Kier molecular flexibility index (Phi) is 5.41. The highest BCUT2D eigenvalue weighted by atomic mass is 19.4. The molecule has 27 heavy (non-hydrogen) atoms. The average molecular weight is 378 g/mol. The van der Waals surface area contributed by atoms with Gasteiger partial charge in [0.2, 0.25) is 0 Å². The summed E-state index contributed by atoms with van der Waals surface area (Å²) in [5, 5.41) is 0. The molecule has 2 aromatic rings. The molecule has 0 saturated carbocycles. The van der Waals surface area contributed by atoms with E-state index in [0.717, 1.165) is 30.0 Å². The number of halogens is 3. The Hall–Kier alpha value is -2.54. The van der Waals surface area contributed by atoms with Crippen molar-refractivity contribution in [3.8, 4) is 5.75 Å². The van der Waals surface area contributed by atoms with E-state index in [9.17, 15) is 18.0 Å². The summed E-state index contributed by atoms with van der Waals surface area (Å²) >= 11 is 0. The maximum Gasteiger partial charge on any atom is 0.416 e. The first-order chi connectivity index (χ1) is 12.7. The number of nitrogens with two attached hydrogens (primary N) is 2. The molecule has 0 spiro atoms. The summed E-state index contributed by atoms with van der Waals surface area (Å²) in [6.45, 7) is -0.233. The first-order valence-corrected chi connectivity index (χ1v) is 8.69. The molecule has 4 N–H and O–H groups in total. The SMILES string of the molecule is NC(=O)COc1ccc2c(c1)C(Cc1cccc(C(F)(F)F)c1)C(N)CC2.